The average Bonchev–Trinajstić information content (AvgIpc) is 2.96. The van der Waals surface area contributed by atoms with Crippen LogP contribution in [0.3, 0.4) is 0 Å². The molecule has 5 heteroatoms. The molecule has 18 heavy (non-hydrogen) atoms. The van der Waals surface area contributed by atoms with Gasteiger partial charge in [0.05, 0.1) is 0 Å². The van der Waals surface area contributed by atoms with E-state index >= 15 is 0 Å². The number of hydrogen-bond acceptors (Lipinski definition) is 3. The minimum Gasteiger partial charge on any atom is -0.350 e. The predicted molar refractivity (Wildman–Crippen MR) is 81.7 cm³/mol. The molecule has 2 heterocycles. The summed E-state index contributed by atoms with van der Waals surface area (Å²) in [5.74, 6) is -0.0125. The maximum Gasteiger partial charge on any atom is 0.262 e. The Bertz CT molecular complexity index is 531. The van der Waals surface area contributed by atoms with Crippen LogP contribution < -0.4 is 5.32 Å². The van der Waals surface area contributed by atoms with E-state index in [0.29, 0.717) is 6.54 Å². The molecular weight excluding hydrogens is 330 g/mol. The van der Waals surface area contributed by atoms with Gasteiger partial charge in [-0.1, -0.05) is 19.9 Å². The van der Waals surface area contributed by atoms with Crippen molar-refractivity contribution in [1.82, 2.24) is 5.32 Å². The van der Waals surface area contributed by atoms with Gasteiger partial charge in [-0.3, -0.25) is 4.79 Å². The molecule has 1 amide bonds. The van der Waals surface area contributed by atoms with Gasteiger partial charge in [-0.2, -0.15) is 0 Å². The Kier molecular flexibility index (Phi) is 4.25. The molecule has 2 rings (SSSR count). The van der Waals surface area contributed by atoms with Crippen LogP contribution >= 0.6 is 38.6 Å². The van der Waals surface area contributed by atoms with E-state index in [2.05, 4.69) is 46.5 Å². The van der Waals surface area contributed by atoms with Crippen molar-refractivity contribution in [3.63, 3.8) is 0 Å². The third-order valence-electron chi connectivity index (χ3n) is 2.70. The van der Waals surface area contributed by atoms with E-state index in [0.717, 1.165) is 9.35 Å². The highest BCUT2D eigenvalue weighted by molar-refractivity contribution is 9.10. The van der Waals surface area contributed by atoms with Crippen molar-refractivity contribution in [3.8, 4) is 0 Å². The SMILES string of the molecule is CC(C)(CNC(=O)c1sccc1Br)c1cccs1. The lowest BCUT2D eigenvalue weighted by molar-refractivity contribution is 0.0949. The fourth-order valence-electron chi connectivity index (χ4n) is 1.59. The van der Waals surface area contributed by atoms with E-state index in [1.807, 2.05) is 17.5 Å². The van der Waals surface area contributed by atoms with Crippen LogP contribution in [0.5, 0.6) is 0 Å². The molecule has 1 N–H and O–H groups in total. The normalized spacial score (nSPS) is 11.5. The molecule has 2 aromatic heterocycles. The van der Waals surface area contributed by atoms with Gasteiger partial charge in [0.1, 0.15) is 4.88 Å². The van der Waals surface area contributed by atoms with E-state index in [-0.39, 0.29) is 11.3 Å². The van der Waals surface area contributed by atoms with Crippen LogP contribution in [0.25, 0.3) is 0 Å². The summed E-state index contributed by atoms with van der Waals surface area (Å²) in [7, 11) is 0. The van der Waals surface area contributed by atoms with E-state index in [1.165, 1.54) is 16.2 Å². The summed E-state index contributed by atoms with van der Waals surface area (Å²) >= 11 is 6.55. The number of halogens is 1. The van der Waals surface area contributed by atoms with Crippen molar-refractivity contribution < 1.29 is 4.79 Å². The molecule has 96 valence electrons. The van der Waals surface area contributed by atoms with Gasteiger partial charge in [-0.05, 0) is 38.8 Å². The molecule has 0 spiro atoms. The summed E-state index contributed by atoms with van der Waals surface area (Å²) in [6.07, 6.45) is 0. The van der Waals surface area contributed by atoms with Crippen molar-refractivity contribution >= 4 is 44.5 Å². The Labute approximate surface area is 123 Å². The molecule has 0 atom stereocenters. The van der Waals surface area contributed by atoms with Gasteiger partial charge in [0.25, 0.3) is 5.91 Å². The fraction of sp³-hybridized carbons (Fsp3) is 0.308. The van der Waals surface area contributed by atoms with E-state index in [4.69, 9.17) is 0 Å². The van der Waals surface area contributed by atoms with Gasteiger partial charge in [0.15, 0.2) is 0 Å². The Hall–Kier alpha value is -0.650. The van der Waals surface area contributed by atoms with Crippen LogP contribution in [0.15, 0.2) is 33.4 Å². The van der Waals surface area contributed by atoms with Gasteiger partial charge < -0.3 is 5.32 Å². The Morgan fingerprint density at radius 2 is 2.11 bits per heavy atom. The Morgan fingerprint density at radius 1 is 1.33 bits per heavy atom. The topological polar surface area (TPSA) is 29.1 Å². The molecular formula is C13H14BrNOS2. The lowest BCUT2D eigenvalue weighted by Crippen LogP contribution is -2.35. The summed E-state index contributed by atoms with van der Waals surface area (Å²) < 4.78 is 0.860. The van der Waals surface area contributed by atoms with E-state index in [9.17, 15) is 4.79 Å². The number of thiophene rings is 2. The van der Waals surface area contributed by atoms with E-state index in [1.54, 1.807) is 11.3 Å². The number of carbonyl (C=O) groups is 1. The molecule has 0 unspecified atom stereocenters. The molecule has 0 aliphatic heterocycles. The first-order valence-electron chi connectivity index (χ1n) is 5.56. The van der Waals surface area contributed by atoms with Crippen LogP contribution in [0.4, 0.5) is 0 Å². The summed E-state index contributed by atoms with van der Waals surface area (Å²) in [5.41, 5.74) is -0.0342. The maximum atomic E-state index is 12.0. The molecule has 0 fully saturated rings. The van der Waals surface area contributed by atoms with Crippen LogP contribution in [-0.4, -0.2) is 12.5 Å². The number of nitrogens with one attached hydrogen (secondary N) is 1. The molecule has 0 saturated heterocycles. The monoisotopic (exact) mass is 343 g/mol. The van der Waals surface area contributed by atoms with Gasteiger partial charge in [-0.25, -0.2) is 0 Å². The minimum atomic E-state index is -0.0342. The van der Waals surface area contributed by atoms with Crippen molar-refractivity contribution in [3.05, 3.63) is 43.2 Å². The first kappa shape index (κ1) is 13.8. The quantitative estimate of drug-likeness (QED) is 0.881. The largest absolute Gasteiger partial charge is 0.350 e. The molecule has 0 aliphatic carbocycles. The molecule has 0 aliphatic rings. The summed E-state index contributed by atoms with van der Waals surface area (Å²) in [6.45, 7) is 4.92. The van der Waals surface area contributed by atoms with Crippen molar-refractivity contribution in [1.29, 1.82) is 0 Å². The third kappa shape index (κ3) is 3.02. The van der Waals surface area contributed by atoms with Crippen molar-refractivity contribution in [2.45, 2.75) is 19.3 Å². The smallest absolute Gasteiger partial charge is 0.262 e. The molecule has 0 aromatic carbocycles. The Balaban J connectivity index is 2.00. The highest BCUT2D eigenvalue weighted by atomic mass is 79.9. The summed E-state index contributed by atoms with van der Waals surface area (Å²) in [6, 6.07) is 6.04. The van der Waals surface area contributed by atoms with Crippen LogP contribution in [-0.2, 0) is 5.41 Å². The standard InChI is InChI=1S/C13H14BrNOS2/c1-13(2,10-4-3-6-17-10)8-15-12(16)11-9(14)5-7-18-11/h3-7H,8H2,1-2H3,(H,15,16). The van der Waals surface area contributed by atoms with Crippen LogP contribution in [0.1, 0.15) is 28.4 Å². The zero-order valence-electron chi connectivity index (χ0n) is 10.2. The summed E-state index contributed by atoms with van der Waals surface area (Å²) in [5, 5.41) is 6.97. The third-order valence-corrected chi connectivity index (χ3v) is 5.77. The van der Waals surface area contributed by atoms with Gasteiger partial charge in [0, 0.05) is 21.3 Å². The molecule has 2 aromatic rings. The molecule has 0 radical (unpaired) electrons. The second-order valence-corrected chi connectivity index (χ2v) is 7.36. The zero-order valence-corrected chi connectivity index (χ0v) is 13.4. The first-order chi connectivity index (χ1) is 8.50. The van der Waals surface area contributed by atoms with E-state index < -0.39 is 0 Å². The number of amides is 1. The predicted octanol–water partition coefficient (Wildman–Crippen LogP) is 4.28. The number of carbonyl (C=O) groups excluding carboxylic acids is 1. The number of rotatable bonds is 4. The molecule has 0 saturated carbocycles. The maximum absolute atomic E-state index is 12.0. The Morgan fingerprint density at radius 3 is 2.67 bits per heavy atom. The van der Waals surface area contributed by atoms with Gasteiger partial charge in [-0.15, -0.1) is 22.7 Å². The van der Waals surface area contributed by atoms with Gasteiger partial charge >= 0.3 is 0 Å². The highest BCUT2D eigenvalue weighted by Crippen LogP contribution is 2.27. The second-order valence-electron chi connectivity index (χ2n) is 4.64. The lowest BCUT2D eigenvalue weighted by atomic mass is 9.91. The zero-order chi connectivity index (χ0) is 13.2. The average molecular weight is 344 g/mol. The van der Waals surface area contributed by atoms with Crippen molar-refractivity contribution in [2.24, 2.45) is 0 Å². The highest BCUT2D eigenvalue weighted by Gasteiger charge is 2.23. The lowest BCUT2D eigenvalue weighted by Gasteiger charge is -2.23. The minimum absolute atomic E-state index is 0.0125. The molecule has 2 nitrogen and oxygen atoms in total. The van der Waals surface area contributed by atoms with Crippen LogP contribution in [0, 0.1) is 0 Å². The first-order valence-corrected chi connectivity index (χ1v) is 8.11. The number of hydrogen-bond donors (Lipinski definition) is 1. The van der Waals surface area contributed by atoms with Gasteiger partial charge in [0.2, 0.25) is 0 Å². The summed E-state index contributed by atoms with van der Waals surface area (Å²) in [4.78, 5) is 14.0. The molecule has 0 bridgehead atoms. The van der Waals surface area contributed by atoms with Crippen LogP contribution in [0.2, 0.25) is 0 Å². The van der Waals surface area contributed by atoms with Crippen molar-refractivity contribution in [2.75, 3.05) is 6.54 Å². The fourth-order valence-corrected chi connectivity index (χ4v) is 3.91. The second kappa shape index (κ2) is 5.55.